The molecular formula is C21H15FN4O. The van der Waals surface area contributed by atoms with Crippen molar-refractivity contribution in [3.8, 4) is 11.1 Å². The standard InChI is InChI=1S/C21H15FN4O/c1-10-8-14-17(12-6-7-16(22)20-15(12)9-24-26-20)18(23)21(27)25-19(14)13-5-3-2-4-11(10)13/h2-9H,23H2,1H3,(H,24,26)(H,25,27). The van der Waals surface area contributed by atoms with Crippen LogP contribution >= 0.6 is 0 Å². The average Bonchev–Trinajstić information content (AvgIpc) is 3.16. The van der Waals surface area contributed by atoms with Gasteiger partial charge in [0.05, 0.1) is 11.7 Å². The Labute approximate surface area is 152 Å². The summed E-state index contributed by atoms with van der Waals surface area (Å²) in [7, 11) is 0. The van der Waals surface area contributed by atoms with Crippen molar-refractivity contribution in [1.82, 2.24) is 15.2 Å². The Morgan fingerprint density at radius 1 is 1.00 bits per heavy atom. The minimum Gasteiger partial charge on any atom is -0.394 e. The Balaban J connectivity index is 2.03. The molecule has 0 spiro atoms. The molecule has 0 aliphatic carbocycles. The molecule has 0 fully saturated rings. The summed E-state index contributed by atoms with van der Waals surface area (Å²) in [6.45, 7) is 2.02. The van der Waals surface area contributed by atoms with Crippen molar-refractivity contribution in [3.63, 3.8) is 0 Å². The number of anilines is 1. The van der Waals surface area contributed by atoms with E-state index in [0.717, 1.165) is 21.7 Å². The summed E-state index contributed by atoms with van der Waals surface area (Å²) in [5, 5.41) is 10.0. The van der Waals surface area contributed by atoms with Gasteiger partial charge in [0.1, 0.15) is 17.0 Å². The summed E-state index contributed by atoms with van der Waals surface area (Å²) in [4.78, 5) is 15.5. The largest absolute Gasteiger partial charge is 0.394 e. The maximum atomic E-state index is 14.1. The van der Waals surface area contributed by atoms with E-state index in [0.29, 0.717) is 22.0 Å². The van der Waals surface area contributed by atoms with Gasteiger partial charge in [0.15, 0.2) is 0 Å². The fraction of sp³-hybridized carbons (Fsp3) is 0.0476. The Hall–Kier alpha value is -3.67. The molecule has 0 saturated carbocycles. The SMILES string of the molecule is Cc1cc2c(-c3ccc(F)c4[nH]ncc34)c(N)c(=O)[nH]c2c2ccccc12. The second kappa shape index (κ2) is 5.41. The van der Waals surface area contributed by atoms with Crippen LogP contribution in [-0.4, -0.2) is 15.2 Å². The van der Waals surface area contributed by atoms with Gasteiger partial charge in [-0.3, -0.25) is 9.89 Å². The van der Waals surface area contributed by atoms with Gasteiger partial charge in [0.25, 0.3) is 5.56 Å². The van der Waals surface area contributed by atoms with Crippen LogP contribution < -0.4 is 11.3 Å². The van der Waals surface area contributed by atoms with Crippen LogP contribution in [0.4, 0.5) is 10.1 Å². The first kappa shape index (κ1) is 15.6. The topological polar surface area (TPSA) is 87.6 Å². The Morgan fingerprint density at radius 3 is 2.59 bits per heavy atom. The smallest absolute Gasteiger partial charge is 0.272 e. The molecule has 0 radical (unpaired) electrons. The van der Waals surface area contributed by atoms with Crippen molar-refractivity contribution < 1.29 is 4.39 Å². The minimum atomic E-state index is -0.402. The van der Waals surface area contributed by atoms with Gasteiger partial charge in [-0.15, -0.1) is 0 Å². The predicted octanol–water partition coefficient (Wildman–Crippen LogP) is 4.25. The molecule has 0 amide bonds. The Kier molecular flexibility index (Phi) is 3.12. The highest BCUT2D eigenvalue weighted by molar-refractivity contribution is 6.15. The molecule has 0 aliphatic heterocycles. The van der Waals surface area contributed by atoms with Crippen LogP contribution in [0, 0.1) is 12.7 Å². The number of nitrogens with one attached hydrogen (secondary N) is 2. The van der Waals surface area contributed by atoms with Crippen LogP contribution in [0.3, 0.4) is 0 Å². The second-order valence-corrected chi connectivity index (χ2v) is 6.66. The molecule has 3 aromatic carbocycles. The summed E-state index contributed by atoms with van der Waals surface area (Å²) in [6, 6.07) is 12.9. The summed E-state index contributed by atoms with van der Waals surface area (Å²) in [6.07, 6.45) is 1.55. The Morgan fingerprint density at radius 2 is 1.78 bits per heavy atom. The molecule has 0 saturated heterocycles. The number of nitrogens with zero attached hydrogens (tertiary/aromatic N) is 1. The lowest BCUT2D eigenvalue weighted by molar-refractivity contribution is 0.636. The number of H-pyrrole nitrogens is 2. The van der Waals surface area contributed by atoms with Crippen molar-refractivity contribution in [1.29, 1.82) is 0 Å². The highest BCUT2D eigenvalue weighted by Crippen LogP contribution is 2.38. The first-order chi connectivity index (χ1) is 13.1. The number of aryl methyl sites for hydroxylation is 1. The number of pyridine rings is 1. The summed E-state index contributed by atoms with van der Waals surface area (Å²) < 4.78 is 14.1. The van der Waals surface area contributed by atoms with E-state index >= 15 is 0 Å². The van der Waals surface area contributed by atoms with Gasteiger partial charge in [-0.25, -0.2) is 4.39 Å². The monoisotopic (exact) mass is 358 g/mol. The predicted molar refractivity (Wildman–Crippen MR) is 106 cm³/mol. The van der Waals surface area contributed by atoms with Crippen LogP contribution in [0.15, 0.2) is 53.5 Å². The molecule has 5 rings (SSSR count). The van der Waals surface area contributed by atoms with E-state index in [1.54, 1.807) is 12.3 Å². The molecule has 6 heteroatoms. The Bertz CT molecular complexity index is 1430. The summed E-state index contributed by atoms with van der Waals surface area (Å²) in [5.41, 5.74) is 9.27. The van der Waals surface area contributed by atoms with Crippen LogP contribution in [0.5, 0.6) is 0 Å². The highest BCUT2D eigenvalue weighted by atomic mass is 19.1. The third kappa shape index (κ3) is 2.10. The van der Waals surface area contributed by atoms with Gasteiger partial charge < -0.3 is 10.7 Å². The van der Waals surface area contributed by atoms with E-state index in [9.17, 15) is 9.18 Å². The van der Waals surface area contributed by atoms with Crippen molar-refractivity contribution in [2.24, 2.45) is 0 Å². The zero-order valence-corrected chi connectivity index (χ0v) is 14.4. The molecule has 0 aliphatic rings. The van der Waals surface area contributed by atoms with E-state index in [4.69, 9.17) is 5.73 Å². The molecule has 0 unspecified atom stereocenters. The van der Waals surface area contributed by atoms with Crippen LogP contribution in [0.1, 0.15) is 5.56 Å². The fourth-order valence-corrected chi connectivity index (χ4v) is 3.84. The van der Waals surface area contributed by atoms with Crippen LogP contribution in [0.25, 0.3) is 43.7 Å². The first-order valence-electron chi connectivity index (χ1n) is 8.52. The molecule has 2 heterocycles. The number of halogens is 1. The van der Waals surface area contributed by atoms with E-state index in [1.165, 1.54) is 6.07 Å². The third-order valence-corrected chi connectivity index (χ3v) is 5.11. The maximum absolute atomic E-state index is 14.1. The lowest BCUT2D eigenvalue weighted by Crippen LogP contribution is -2.14. The van der Waals surface area contributed by atoms with Gasteiger partial charge in [0, 0.05) is 21.7 Å². The summed E-state index contributed by atoms with van der Waals surface area (Å²) in [5.74, 6) is -0.402. The van der Waals surface area contributed by atoms with Crippen LogP contribution in [0.2, 0.25) is 0 Å². The number of rotatable bonds is 1. The number of benzene rings is 3. The zero-order chi connectivity index (χ0) is 18.7. The molecule has 5 nitrogen and oxygen atoms in total. The highest BCUT2D eigenvalue weighted by Gasteiger charge is 2.18. The number of hydrogen-bond acceptors (Lipinski definition) is 3. The van der Waals surface area contributed by atoms with Gasteiger partial charge in [-0.2, -0.15) is 5.10 Å². The number of aromatic nitrogens is 3. The summed E-state index contributed by atoms with van der Waals surface area (Å²) >= 11 is 0. The van der Waals surface area contributed by atoms with Crippen molar-refractivity contribution in [3.05, 3.63) is 70.4 Å². The van der Waals surface area contributed by atoms with E-state index in [-0.39, 0.29) is 16.8 Å². The van der Waals surface area contributed by atoms with Gasteiger partial charge >= 0.3 is 0 Å². The molecule has 132 valence electrons. The molecule has 0 bridgehead atoms. The van der Waals surface area contributed by atoms with Crippen LogP contribution in [-0.2, 0) is 0 Å². The van der Waals surface area contributed by atoms with Crippen molar-refractivity contribution >= 4 is 38.3 Å². The van der Waals surface area contributed by atoms with Gasteiger partial charge in [-0.1, -0.05) is 30.3 Å². The first-order valence-corrected chi connectivity index (χ1v) is 8.52. The van der Waals surface area contributed by atoms with Gasteiger partial charge in [-0.05, 0) is 35.6 Å². The van der Waals surface area contributed by atoms with Crippen molar-refractivity contribution in [2.75, 3.05) is 5.73 Å². The molecular weight excluding hydrogens is 343 g/mol. The minimum absolute atomic E-state index is 0.103. The number of aromatic amines is 2. The van der Waals surface area contributed by atoms with Gasteiger partial charge in [0.2, 0.25) is 0 Å². The average molecular weight is 358 g/mol. The number of fused-ring (bicyclic) bond motifs is 4. The van der Waals surface area contributed by atoms with E-state index < -0.39 is 5.82 Å². The van der Waals surface area contributed by atoms with Crippen molar-refractivity contribution in [2.45, 2.75) is 6.92 Å². The number of hydrogen-bond donors (Lipinski definition) is 3. The number of nitrogen functional groups attached to an aromatic ring is 1. The maximum Gasteiger partial charge on any atom is 0.272 e. The molecule has 5 aromatic rings. The fourth-order valence-electron chi connectivity index (χ4n) is 3.84. The van der Waals surface area contributed by atoms with E-state index in [2.05, 4.69) is 15.2 Å². The molecule has 4 N–H and O–H groups in total. The third-order valence-electron chi connectivity index (χ3n) is 5.11. The van der Waals surface area contributed by atoms with E-state index in [1.807, 2.05) is 37.3 Å². The molecule has 0 atom stereocenters. The second-order valence-electron chi connectivity index (χ2n) is 6.66. The lowest BCUT2D eigenvalue weighted by atomic mass is 9.93. The molecule has 27 heavy (non-hydrogen) atoms. The quantitative estimate of drug-likeness (QED) is 0.391. The zero-order valence-electron chi connectivity index (χ0n) is 14.4. The normalized spacial score (nSPS) is 11.6. The lowest BCUT2D eigenvalue weighted by Gasteiger charge is -2.14. The number of nitrogens with two attached hydrogens (primary N) is 1. The molecule has 2 aromatic heterocycles.